The molecule has 2 rings (SSSR count). The number of carbonyl (C=O) groups excluding carboxylic acids is 1. The fourth-order valence-electron chi connectivity index (χ4n) is 1.79. The van der Waals surface area contributed by atoms with Gasteiger partial charge in [-0.15, -0.1) is 0 Å². The van der Waals surface area contributed by atoms with Gasteiger partial charge in [-0.2, -0.15) is 0 Å². The van der Waals surface area contributed by atoms with Gasteiger partial charge in [0.25, 0.3) is 0 Å². The summed E-state index contributed by atoms with van der Waals surface area (Å²) in [4.78, 5) is 19.9. The largest absolute Gasteiger partial charge is 0.369 e. The number of hydrogen-bond acceptors (Lipinski definition) is 4. The van der Waals surface area contributed by atoms with E-state index >= 15 is 0 Å². The third-order valence-electron chi connectivity index (χ3n) is 2.72. The number of fused-ring (bicyclic) bond motifs is 1. The fourth-order valence-corrected chi connectivity index (χ4v) is 1.94. The van der Waals surface area contributed by atoms with Gasteiger partial charge in [-0.3, -0.25) is 9.36 Å². The molecule has 0 aliphatic carbocycles. The van der Waals surface area contributed by atoms with Crippen molar-refractivity contribution in [1.29, 1.82) is 0 Å². The molecule has 19 heavy (non-hydrogen) atoms. The number of anilines is 1. The summed E-state index contributed by atoms with van der Waals surface area (Å²) in [5.41, 5.74) is 7.11. The second-order valence-corrected chi connectivity index (χ2v) is 4.65. The molecule has 6 nitrogen and oxygen atoms in total. The van der Waals surface area contributed by atoms with Crippen molar-refractivity contribution in [2.75, 3.05) is 12.3 Å². The van der Waals surface area contributed by atoms with Gasteiger partial charge in [0.1, 0.15) is 5.52 Å². The van der Waals surface area contributed by atoms with Gasteiger partial charge < -0.3 is 11.1 Å². The minimum atomic E-state index is -0.00272. The van der Waals surface area contributed by atoms with E-state index in [-0.39, 0.29) is 5.91 Å². The summed E-state index contributed by atoms with van der Waals surface area (Å²) in [7, 11) is 0. The first-order valence-electron chi connectivity index (χ1n) is 6.15. The van der Waals surface area contributed by atoms with Gasteiger partial charge in [-0.1, -0.05) is 18.5 Å². The SMILES string of the molecule is CCCNC(=O)CCn1c(N)nc2cc(Cl)cnc21. The number of nitrogens with one attached hydrogen (secondary N) is 1. The standard InChI is InChI=1S/C12H16ClN5O/c1-2-4-15-10(19)3-5-18-11-9(17-12(18)14)6-8(13)7-16-11/h6-7H,2-5H2,1H3,(H2,14,17)(H,15,19). The Hall–Kier alpha value is -1.82. The number of halogens is 1. The Morgan fingerprint density at radius 2 is 2.37 bits per heavy atom. The average Bonchev–Trinajstić information content (AvgIpc) is 2.68. The van der Waals surface area contributed by atoms with Crippen LogP contribution >= 0.6 is 11.6 Å². The monoisotopic (exact) mass is 281 g/mol. The zero-order valence-corrected chi connectivity index (χ0v) is 11.4. The molecule has 7 heteroatoms. The molecule has 2 aromatic heterocycles. The van der Waals surface area contributed by atoms with E-state index in [9.17, 15) is 4.79 Å². The van der Waals surface area contributed by atoms with Crippen LogP contribution in [0.3, 0.4) is 0 Å². The smallest absolute Gasteiger partial charge is 0.221 e. The van der Waals surface area contributed by atoms with Crippen molar-refractivity contribution in [2.45, 2.75) is 26.3 Å². The number of carbonyl (C=O) groups is 1. The van der Waals surface area contributed by atoms with Crippen LogP contribution in [0, 0.1) is 0 Å². The predicted molar refractivity (Wildman–Crippen MR) is 74.9 cm³/mol. The maximum absolute atomic E-state index is 11.6. The third-order valence-corrected chi connectivity index (χ3v) is 2.92. The molecule has 0 spiro atoms. The summed E-state index contributed by atoms with van der Waals surface area (Å²) in [5.74, 6) is 0.338. The molecular weight excluding hydrogens is 266 g/mol. The highest BCUT2D eigenvalue weighted by Gasteiger charge is 2.11. The zero-order valence-electron chi connectivity index (χ0n) is 10.7. The first-order chi connectivity index (χ1) is 9.11. The lowest BCUT2D eigenvalue weighted by molar-refractivity contribution is -0.121. The average molecular weight is 282 g/mol. The van der Waals surface area contributed by atoms with E-state index in [1.807, 2.05) is 6.92 Å². The first kappa shape index (κ1) is 13.6. The lowest BCUT2D eigenvalue weighted by atomic mass is 10.3. The van der Waals surface area contributed by atoms with Gasteiger partial charge >= 0.3 is 0 Å². The Morgan fingerprint density at radius 1 is 1.58 bits per heavy atom. The molecule has 0 radical (unpaired) electrons. The number of nitrogens with two attached hydrogens (primary N) is 1. The van der Waals surface area contributed by atoms with Crippen LogP contribution in [0.15, 0.2) is 12.3 Å². The molecular formula is C12H16ClN5O. The predicted octanol–water partition coefficient (Wildman–Crippen LogP) is 1.58. The third kappa shape index (κ3) is 3.14. The molecule has 0 saturated carbocycles. The van der Waals surface area contributed by atoms with E-state index in [4.69, 9.17) is 17.3 Å². The molecule has 1 amide bonds. The molecule has 0 atom stereocenters. The summed E-state index contributed by atoms with van der Waals surface area (Å²) in [6.07, 6.45) is 2.81. The number of nitrogens with zero attached hydrogens (tertiary/aromatic N) is 3. The lowest BCUT2D eigenvalue weighted by Crippen LogP contribution is -2.25. The molecule has 0 aliphatic heterocycles. The van der Waals surface area contributed by atoms with E-state index in [0.717, 1.165) is 6.42 Å². The van der Waals surface area contributed by atoms with E-state index in [1.54, 1.807) is 16.8 Å². The van der Waals surface area contributed by atoms with E-state index < -0.39 is 0 Å². The highest BCUT2D eigenvalue weighted by molar-refractivity contribution is 6.31. The van der Waals surface area contributed by atoms with Crippen LogP contribution in [-0.4, -0.2) is 27.0 Å². The van der Waals surface area contributed by atoms with Crippen molar-refractivity contribution < 1.29 is 4.79 Å². The molecule has 3 N–H and O–H groups in total. The van der Waals surface area contributed by atoms with Crippen molar-refractivity contribution in [3.63, 3.8) is 0 Å². The number of amides is 1. The molecule has 0 fully saturated rings. The van der Waals surface area contributed by atoms with Crippen LogP contribution in [0.25, 0.3) is 11.2 Å². The molecule has 102 valence electrons. The van der Waals surface area contributed by atoms with Crippen LogP contribution in [-0.2, 0) is 11.3 Å². The number of hydrogen-bond donors (Lipinski definition) is 2. The Balaban J connectivity index is 2.12. The van der Waals surface area contributed by atoms with Gasteiger partial charge in [0.15, 0.2) is 5.65 Å². The summed E-state index contributed by atoms with van der Waals surface area (Å²) in [6.45, 7) is 3.15. The van der Waals surface area contributed by atoms with Gasteiger partial charge in [0.05, 0.1) is 5.02 Å². The molecule has 0 saturated heterocycles. The van der Waals surface area contributed by atoms with E-state index in [2.05, 4.69) is 15.3 Å². The topological polar surface area (TPSA) is 85.8 Å². The normalized spacial score (nSPS) is 10.8. The Morgan fingerprint density at radius 3 is 3.11 bits per heavy atom. The number of nitrogen functional groups attached to an aromatic ring is 1. The second kappa shape index (κ2) is 5.88. The number of aromatic nitrogens is 3. The molecule has 2 heterocycles. The maximum atomic E-state index is 11.6. The fraction of sp³-hybridized carbons (Fsp3) is 0.417. The molecule has 0 unspecified atom stereocenters. The number of pyridine rings is 1. The highest BCUT2D eigenvalue weighted by atomic mass is 35.5. The summed E-state index contributed by atoms with van der Waals surface area (Å²) in [5, 5.41) is 3.33. The van der Waals surface area contributed by atoms with Gasteiger partial charge in [-0.25, -0.2) is 9.97 Å². The van der Waals surface area contributed by atoms with Crippen molar-refractivity contribution in [3.8, 4) is 0 Å². The van der Waals surface area contributed by atoms with Crippen LogP contribution < -0.4 is 11.1 Å². The number of aryl methyl sites for hydroxylation is 1. The minimum Gasteiger partial charge on any atom is -0.369 e. The Bertz CT molecular complexity index is 595. The van der Waals surface area contributed by atoms with Gasteiger partial charge in [0.2, 0.25) is 11.9 Å². The van der Waals surface area contributed by atoms with Crippen molar-refractivity contribution in [2.24, 2.45) is 0 Å². The van der Waals surface area contributed by atoms with Crippen LogP contribution in [0.5, 0.6) is 0 Å². The van der Waals surface area contributed by atoms with Crippen LogP contribution in [0.2, 0.25) is 5.02 Å². The molecule has 0 bridgehead atoms. The van der Waals surface area contributed by atoms with Crippen LogP contribution in [0.4, 0.5) is 5.95 Å². The van der Waals surface area contributed by atoms with E-state index in [1.165, 1.54) is 0 Å². The quantitative estimate of drug-likeness (QED) is 0.871. The number of rotatable bonds is 5. The highest BCUT2D eigenvalue weighted by Crippen LogP contribution is 2.19. The number of imidazole rings is 1. The Kier molecular flexibility index (Phi) is 4.21. The lowest BCUT2D eigenvalue weighted by Gasteiger charge is -2.06. The van der Waals surface area contributed by atoms with Crippen molar-refractivity contribution in [3.05, 3.63) is 17.3 Å². The molecule has 0 aliphatic rings. The molecule has 0 aromatic carbocycles. The van der Waals surface area contributed by atoms with Crippen molar-refractivity contribution >= 4 is 34.6 Å². The van der Waals surface area contributed by atoms with Gasteiger partial charge in [0, 0.05) is 25.7 Å². The molecule has 2 aromatic rings. The minimum absolute atomic E-state index is 0.00272. The van der Waals surface area contributed by atoms with Crippen LogP contribution in [0.1, 0.15) is 19.8 Å². The maximum Gasteiger partial charge on any atom is 0.221 e. The Labute approximate surface area is 116 Å². The summed E-state index contributed by atoms with van der Waals surface area (Å²) >= 11 is 5.85. The van der Waals surface area contributed by atoms with Gasteiger partial charge in [-0.05, 0) is 12.5 Å². The van der Waals surface area contributed by atoms with Crippen molar-refractivity contribution in [1.82, 2.24) is 19.9 Å². The first-order valence-corrected chi connectivity index (χ1v) is 6.53. The second-order valence-electron chi connectivity index (χ2n) is 4.22. The van der Waals surface area contributed by atoms with E-state index in [0.29, 0.717) is 41.6 Å². The summed E-state index contributed by atoms with van der Waals surface area (Å²) < 4.78 is 1.72. The zero-order chi connectivity index (χ0) is 13.8. The summed E-state index contributed by atoms with van der Waals surface area (Å²) in [6, 6.07) is 1.70.